The van der Waals surface area contributed by atoms with Gasteiger partial charge in [-0.2, -0.15) is 28.5 Å². The minimum absolute atomic E-state index is 0.0709. The van der Waals surface area contributed by atoms with Crippen LogP contribution in [0.3, 0.4) is 0 Å². The van der Waals surface area contributed by atoms with Gasteiger partial charge in [0.1, 0.15) is 11.8 Å². The molecule has 192 valence electrons. The van der Waals surface area contributed by atoms with Crippen molar-refractivity contribution in [2.45, 2.75) is 44.1 Å². The van der Waals surface area contributed by atoms with E-state index in [0.717, 1.165) is 22.8 Å². The van der Waals surface area contributed by atoms with Gasteiger partial charge in [0.05, 0.1) is 0 Å². The molecule has 1 fully saturated rings. The number of rotatable bonds is 9. The molecule has 3 aromatic rings. The van der Waals surface area contributed by atoms with E-state index in [1.54, 1.807) is 54.7 Å². The molecule has 4 rings (SSSR count). The first-order valence-electron chi connectivity index (χ1n) is 11.6. The van der Waals surface area contributed by atoms with Gasteiger partial charge in [0.25, 0.3) is 0 Å². The first-order valence-corrected chi connectivity index (χ1v) is 14.5. The van der Waals surface area contributed by atoms with E-state index in [4.69, 9.17) is 20.5 Å². The van der Waals surface area contributed by atoms with Gasteiger partial charge >= 0.3 is 0 Å². The van der Waals surface area contributed by atoms with Crippen molar-refractivity contribution in [1.82, 2.24) is 15.5 Å². The fraction of sp³-hybridized carbons (Fsp3) is 0.440. The quantitative estimate of drug-likeness (QED) is 0.374. The third-order valence-electron chi connectivity index (χ3n) is 6.26. The number of carbonyl (C=O) groups excluding carboxylic acids is 1. The Bertz CT molecular complexity index is 1260. The molecule has 11 heteroatoms. The highest BCUT2D eigenvalue weighted by Gasteiger charge is 2.42. The summed E-state index contributed by atoms with van der Waals surface area (Å²) in [6.45, 7) is 1.67. The highest BCUT2D eigenvalue weighted by molar-refractivity contribution is 7.99. The SMILES string of the molecule is CSCCC(NC(=O)CC1(c2oc(C)cc(=O)c2O)CCSCC1)c1nc(-c2ccc(Cl)cc2)no1. The Morgan fingerprint density at radius 3 is 2.72 bits per heavy atom. The zero-order valence-electron chi connectivity index (χ0n) is 20.1. The smallest absolute Gasteiger partial charge is 0.249 e. The third kappa shape index (κ3) is 6.10. The Kier molecular flexibility index (Phi) is 8.69. The van der Waals surface area contributed by atoms with Gasteiger partial charge in [-0.15, -0.1) is 0 Å². The Balaban J connectivity index is 1.57. The number of halogens is 1. The van der Waals surface area contributed by atoms with E-state index < -0.39 is 22.6 Å². The number of hydrogen-bond donors (Lipinski definition) is 2. The largest absolute Gasteiger partial charge is 0.502 e. The van der Waals surface area contributed by atoms with Gasteiger partial charge in [-0.1, -0.05) is 16.8 Å². The van der Waals surface area contributed by atoms with Gasteiger partial charge in [0, 0.05) is 28.5 Å². The van der Waals surface area contributed by atoms with E-state index in [1.807, 2.05) is 6.26 Å². The number of amides is 1. The molecule has 36 heavy (non-hydrogen) atoms. The maximum Gasteiger partial charge on any atom is 0.249 e. The molecule has 1 aliphatic rings. The summed E-state index contributed by atoms with van der Waals surface area (Å²) < 4.78 is 11.4. The molecule has 0 bridgehead atoms. The van der Waals surface area contributed by atoms with Crippen LogP contribution in [0.4, 0.5) is 0 Å². The minimum atomic E-state index is -0.766. The van der Waals surface area contributed by atoms with Crippen LogP contribution in [0.15, 0.2) is 44.1 Å². The van der Waals surface area contributed by atoms with Crippen LogP contribution in [0.25, 0.3) is 11.4 Å². The standard InChI is InChI=1S/C25H28ClN3O5S2/c1-15-13-19(30)21(32)22(33-15)25(8-11-36-12-9-25)14-20(31)27-18(7-10-35-2)24-28-23(29-34-24)16-3-5-17(26)6-4-16/h3-6,13,18,32H,7-12,14H2,1-2H3,(H,27,31). The zero-order valence-corrected chi connectivity index (χ0v) is 22.5. The molecule has 0 spiro atoms. The number of hydrogen-bond acceptors (Lipinski definition) is 9. The number of nitrogens with zero attached hydrogens (tertiary/aromatic N) is 2. The molecule has 1 atom stereocenters. The fourth-order valence-corrected chi connectivity index (χ4v) is 6.22. The molecule has 1 aromatic carbocycles. The number of nitrogens with one attached hydrogen (secondary N) is 1. The van der Waals surface area contributed by atoms with Crippen molar-refractivity contribution in [1.29, 1.82) is 0 Å². The summed E-state index contributed by atoms with van der Waals surface area (Å²) in [5.74, 6) is 3.07. The van der Waals surface area contributed by atoms with Gasteiger partial charge < -0.3 is 19.4 Å². The molecule has 1 unspecified atom stereocenters. The summed E-state index contributed by atoms with van der Waals surface area (Å²) in [7, 11) is 0. The number of carbonyl (C=O) groups is 1. The molecule has 2 N–H and O–H groups in total. The van der Waals surface area contributed by atoms with E-state index in [9.17, 15) is 14.7 Å². The molecule has 1 aliphatic heterocycles. The second-order valence-corrected chi connectivity index (χ2v) is 11.5. The van der Waals surface area contributed by atoms with Crippen LogP contribution in [-0.2, 0) is 10.2 Å². The highest BCUT2D eigenvalue weighted by atomic mass is 35.5. The van der Waals surface area contributed by atoms with E-state index in [0.29, 0.717) is 41.8 Å². The summed E-state index contributed by atoms with van der Waals surface area (Å²) >= 11 is 9.41. The van der Waals surface area contributed by atoms with Crippen molar-refractivity contribution in [2.24, 2.45) is 0 Å². The van der Waals surface area contributed by atoms with Crippen LogP contribution in [0.5, 0.6) is 5.75 Å². The molecule has 1 amide bonds. The first-order chi connectivity index (χ1) is 17.3. The fourth-order valence-electron chi connectivity index (χ4n) is 4.35. The van der Waals surface area contributed by atoms with Crippen molar-refractivity contribution in [3.8, 4) is 17.1 Å². The van der Waals surface area contributed by atoms with Crippen LogP contribution in [0, 0.1) is 6.92 Å². The summed E-state index contributed by atoms with van der Waals surface area (Å²) in [6.07, 6.45) is 3.89. The lowest BCUT2D eigenvalue weighted by Crippen LogP contribution is -2.39. The van der Waals surface area contributed by atoms with Gasteiger partial charge in [-0.05, 0) is 74.0 Å². The zero-order chi connectivity index (χ0) is 25.7. The number of benzene rings is 1. The predicted molar refractivity (Wildman–Crippen MR) is 143 cm³/mol. The number of aromatic nitrogens is 2. The minimum Gasteiger partial charge on any atom is -0.502 e. The molecule has 2 aromatic heterocycles. The van der Waals surface area contributed by atoms with E-state index in [-0.39, 0.29) is 18.1 Å². The Morgan fingerprint density at radius 2 is 2.03 bits per heavy atom. The highest BCUT2D eigenvalue weighted by Crippen LogP contribution is 2.44. The van der Waals surface area contributed by atoms with Crippen LogP contribution in [-0.4, -0.2) is 44.7 Å². The monoisotopic (exact) mass is 549 g/mol. The summed E-state index contributed by atoms with van der Waals surface area (Å²) in [5, 5.41) is 18.3. The molecular weight excluding hydrogens is 522 g/mol. The van der Waals surface area contributed by atoms with Gasteiger partial charge in [0.15, 0.2) is 5.76 Å². The maximum absolute atomic E-state index is 13.4. The lowest BCUT2D eigenvalue weighted by Gasteiger charge is -2.36. The van der Waals surface area contributed by atoms with Crippen molar-refractivity contribution >= 4 is 41.0 Å². The van der Waals surface area contributed by atoms with Gasteiger partial charge in [-0.25, -0.2) is 0 Å². The van der Waals surface area contributed by atoms with E-state index in [2.05, 4.69) is 15.5 Å². The molecule has 3 heterocycles. The molecule has 1 saturated heterocycles. The lowest BCUT2D eigenvalue weighted by molar-refractivity contribution is -0.123. The number of aryl methyl sites for hydroxylation is 1. The molecule has 0 saturated carbocycles. The van der Waals surface area contributed by atoms with Crippen molar-refractivity contribution in [3.05, 3.63) is 63.0 Å². The van der Waals surface area contributed by atoms with E-state index in [1.165, 1.54) is 6.07 Å². The topological polar surface area (TPSA) is 118 Å². The molecule has 0 radical (unpaired) electrons. The Hall–Kier alpha value is -2.43. The molecule has 0 aliphatic carbocycles. The first kappa shape index (κ1) is 26.6. The second-order valence-electron chi connectivity index (χ2n) is 8.83. The number of thioether (sulfide) groups is 2. The van der Waals surface area contributed by atoms with Crippen LogP contribution < -0.4 is 10.7 Å². The van der Waals surface area contributed by atoms with Crippen molar-refractivity contribution in [2.75, 3.05) is 23.5 Å². The summed E-state index contributed by atoms with van der Waals surface area (Å²) in [6, 6.07) is 7.89. The third-order valence-corrected chi connectivity index (χ3v) is 8.15. The summed E-state index contributed by atoms with van der Waals surface area (Å²) in [4.78, 5) is 30.2. The summed E-state index contributed by atoms with van der Waals surface area (Å²) in [5.41, 5.74) is -0.504. The average Bonchev–Trinajstić information content (AvgIpc) is 3.35. The lowest BCUT2D eigenvalue weighted by atomic mass is 9.75. The van der Waals surface area contributed by atoms with Gasteiger partial charge in [-0.3, -0.25) is 9.59 Å². The van der Waals surface area contributed by atoms with E-state index >= 15 is 0 Å². The van der Waals surface area contributed by atoms with Crippen LogP contribution >= 0.6 is 35.1 Å². The van der Waals surface area contributed by atoms with Crippen LogP contribution in [0.1, 0.15) is 49.1 Å². The molecular formula is C25H28ClN3O5S2. The Labute approximate surface area is 222 Å². The molecule has 8 nitrogen and oxygen atoms in total. The second kappa shape index (κ2) is 11.7. The van der Waals surface area contributed by atoms with Crippen molar-refractivity contribution < 1.29 is 18.8 Å². The number of aromatic hydroxyl groups is 1. The van der Waals surface area contributed by atoms with Gasteiger partial charge in [0.2, 0.25) is 28.8 Å². The Morgan fingerprint density at radius 1 is 1.31 bits per heavy atom. The average molecular weight is 550 g/mol. The predicted octanol–water partition coefficient (Wildman–Crippen LogP) is 5.12. The van der Waals surface area contributed by atoms with Crippen molar-refractivity contribution in [3.63, 3.8) is 0 Å². The van der Waals surface area contributed by atoms with Crippen LogP contribution in [0.2, 0.25) is 5.02 Å². The normalized spacial score (nSPS) is 16.0. The maximum atomic E-state index is 13.4.